The summed E-state index contributed by atoms with van der Waals surface area (Å²) in [6, 6.07) is 18.8. The van der Waals surface area contributed by atoms with Gasteiger partial charge in [-0.3, -0.25) is 4.79 Å². The van der Waals surface area contributed by atoms with E-state index in [0.29, 0.717) is 17.9 Å². The Labute approximate surface area is 182 Å². The zero-order chi connectivity index (χ0) is 21.6. The highest BCUT2D eigenvalue weighted by Gasteiger charge is 2.18. The topological polar surface area (TPSA) is 71.8 Å². The molecule has 1 fully saturated rings. The van der Waals surface area contributed by atoms with Gasteiger partial charge in [-0.2, -0.15) is 0 Å². The second-order valence-electron chi connectivity index (χ2n) is 7.71. The maximum atomic E-state index is 12.6. The summed E-state index contributed by atoms with van der Waals surface area (Å²) in [5, 5.41) is 11.8. The number of hydrogen-bond donors (Lipinski definition) is 2. The summed E-state index contributed by atoms with van der Waals surface area (Å²) >= 11 is 0. The van der Waals surface area contributed by atoms with E-state index in [1.807, 2.05) is 43.3 Å². The molecule has 0 unspecified atom stereocenters. The van der Waals surface area contributed by atoms with Crippen molar-refractivity contribution in [1.29, 1.82) is 0 Å². The number of benzene rings is 2. The van der Waals surface area contributed by atoms with Gasteiger partial charge in [-0.25, -0.2) is 0 Å². The molecule has 7 nitrogen and oxygen atoms in total. The van der Waals surface area contributed by atoms with E-state index in [1.165, 1.54) is 0 Å². The van der Waals surface area contributed by atoms with Crippen LogP contribution in [0, 0.1) is 0 Å². The minimum Gasteiger partial charge on any atom is -0.494 e. The standard InChI is InChI=1S/C24H27N5O2/c1-3-31-21-9-7-18(8-10-21)24(30)25-20-6-4-5-19(17-20)22-11-12-23(27-26-22)29-15-13-28(2)14-16-29/h4-12,17H,3,13-16H2,1-2H3,(H,25,30)/p+1. The highest BCUT2D eigenvalue weighted by atomic mass is 16.5. The van der Waals surface area contributed by atoms with Crippen LogP contribution in [0.1, 0.15) is 17.3 Å². The highest BCUT2D eigenvalue weighted by Crippen LogP contribution is 2.22. The maximum absolute atomic E-state index is 12.6. The second-order valence-corrected chi connectivity index (χ2v) is 7.71. The average Bonchev–Trinajstić information content (AvgIpc) is 2.81. The number of piperazine rings is 1. The third kappa shape index (κ3) is 5.19. The molecule has 160 valence electrons. The molecule has 0 bridgehead atoms. The van der Waals surface area contributed by atoms with Crippen LogP contribution in [-0.2, 0) is 0 Å². The number of quaternary nitrogens is 1. The van der Waals surface area contributed by atoms with Gasteiger partial charge in [-0.1, -0.05) is 12.1 Å². The van der Waals surface area contributed by atoms with E-state index in [-0.39, 0.29) is 5.91 Å². The molecule has 0 atom stereocenters. The zero-order valence-corrected chi connectivity index (χ0v) is 18.0. The fourth-order valence-corrected chi connectivity index (χ4v) is 3.59. The molecule has 0 spiro atoms. The van der Waals surface area contributed by atoms with Crippen LogP contribution >= 0.6 is 0 Å². The van der Waals surface area contributed by atoms with E-state index in [2.05, 4.69) is 27.5 Å². The molecule has 2 aromatic carbocycles. The Balaban J connectivity index is 1.43. The monoisotopic (exact) mass is 418 g/mol. The average molecular weight is 419 g/mol. The summed E-state index contributed by atoms with van der Waals surface area (Å²) < 4.78 is 5.43. The Bertz CT molecular complexity index is 1010. The van der Waals surface area contributed by atoms with Crippen molar-refractivity contribution in [3.63, 3.8) is 0 Å². The normalized spacial score (nSPS) is 14.3. The van der Waals surface area contributed by atoms with Crippen LogP contribution in [0.25, 0.3) is 11.3 Å². The number of hydrogen-bond acceptors (Lipinski definition) is 5. The third-order valence-electron chi connectivity index (χ3n) is 5.44. The third-order valence-corrected chi connectivity index (χ3v) is 5.44. The van der Waals surface area contributed by atoms with E-state index in [9.17, 15) is 4.79 Å². The number of carbonyl (C=O) groups is 1. The van der Waals surface area contributed by atoms with E-state index in [1.54, 1.807) is 29.2 Å². The van der Waals surface area contributed by atoms with Crippen LogP contribution in [0.15, 0.2) is 60.7 Å². The molecule has 0 radical (unpaired) electrons. The fraction of sp³-hybridized carbons (Fsp3) is 0.292. The number of nitrogens with one attached hydrogen (secondary N) is 2. The molecule has 4 rings (SSSR count). The summed E-state index contributed by atoms with van der Waals surface area (Å²) in [5.41, 5.74) is 2.98. The number of ether oxygens (including phenoxy) is 1. The van der Waals surface area contributed by atoms with Crippen molar-refractivity contribution in [1.82, 2.24) is 10.2 Å². The first-order chi connectivity index (χ1) is 15.1. The first kappa shape index (κ1) is 20.8. The Kier molecular flexibility index (Phi) is 6.43. The van der Waals surface area contributed by atoms with Gasteiger partial charge in [0.1, 0.15) is 5.75 Å². The van der Waals surface area contributed by atoms with Crippen molar-refractivity contribution in [3.8, 4) is 17.0 Å². The number of nitrogens with zero attached hydrogens (tertiary/aromatic N) is 3. The number of carbonyl (C=O) groups excluding carboxylic acids is 1. The summed E-state index contributed by atoms with van der Waals surface area (Å²) in [5.74, 6) is 1.50. The van der Waals surface area contributed by atoms with E-state index >= 15 is 0 Å². The molecular formula is C24H28N5O2+. The number of anilines is 2. The predicted octanol–water partition coefficient (Wildman–Crippen LogP) is 2.13. The Morgan fingerprint density at radius 2 is 1.84 bits per heavy atom. The van der Waals surface area contributed by atoms with Crippen molar-refractivity contribution in [2.45, 2.75) is 6.92 Å². The summed E-state index contributed by atoms with van der Waals surface area (Å²) in [4.78, 5) is 16.4. The minimum atomic E-state index is -0.168. The van der Waals surface area contributed by atoms with Gasteiger partial charge in [0, 0.05) is 16.8 Å². The van der Waals surface area contributed by atoms with E-state index in [0.717, 1.165) is 49.0 Å². The Hall–Kier alpha value is -3.45. The largest absolute Gasteiger partial charge is 0.494 e. The number of likely N-dealkylation sites (N-methyl/N-ethyl adjacent to an activating group) is 1. The molecule has 0 aliphatic carbocycles. The van der Waals surface area contributed by atoms with E-state index < -0.39 is 0 Å². The van der Waals surface area contributed by atoms with Gasteiger partial charge in [0.15, 0.2) is 5.82 Å². The number of amides is 1. The number of rotatable bonds is 6. The molecular weight excluding hydrogens is 390 g/mol. The lowest BCUT2D eigenvalue weighted by molar-refractivity contribution is -0.880. The molecule has 7 heteroatoms. The molecule has 3 aromatic rings. The molecule has 1 aromatic heterocycles. The molecule has 31 heavy (non-hydrogen) atoms. The van der Waals surface area contributed by atoms with Gasteiger partial charge in [0.25, 0.3) is 5.91 Å². The first-order valence-electron chi connectivity index (χ1n) is 10.7. The van der Waals surface area contributed by atoms with Gasteiger partial charge in [0.2, 0.25) is 0 Å². The van der Waals surface area contributed by atoms with E-state index in [4.69, 9.17) is 4.74 Å². The molecule has 2 heterocycles. The Morgan fingerprint density at radius 3 is 2.52 bits per heavy atom. The van der Waals surface area contributed by atoms with Crippen LogP contribution in [-0.4, -0.2) is 55.9 Å². The summed E-state index contributed by atoms with van der Waals surface area (Å²) in [6.07, 6.45) is 0. The van der Waals surface area contributed by atoms with Crippen LogP contribution < -0.4 is 19.9 Å². The molecule has 0 saturated carbocycles. The van der Waals surface area contributed by atoms with Gasteiger partial charge < -0.3 is 19.9 Å². The van der Waals surface area contributed by atoms with Crippen LogP contribution in [0.5, 0.6) is 5.75 Å². The first-order valence-corrected chi connectivity index (χ1v) is 10.7. The van der Waals surface area contributed by atoms with Gasteiger partial charge >= 0.3 is 0 Å². The van der Waals surface area contributed by atoms with Crippen LogP contribution in [0.4, 0.5) is 11.5 Å². The minimum absolute atomic E-state index is 0.168. The second kappa shape index (κ2) is 9.57. The van der Waals surface area contributed by atoms with Crippen LogP contribution in [0.2, 0.25) is 0 Å². The van der Waals surface area contributed by atoms with Crippen molar-refractivity contribution in [2.24, 2.45) is 0 Å². The highest BCUT2D eigenvalue weighted by molar-refractivity contribution is 6.04. The van der Waals surface area contributed by atoms with Crippen molar-refractivity contribution >= 4 is 17.4 Å². The summed E-state index contributed by atoms with van der Waals surface area (Å²) in [6.45, 7) is 6.73. The van der Waals surface area contributed by atoms with Gasteiger partial charge in [0.05, 0.1) is 45.5 Å². The van der Waals surface area contributed by atoms with Crippen LogP contribution in [0.3, 0.4) is 0 Å². The lowest BCUT2D eigenvalue weighted by Gasteiger charge is -2.30. The lowest BCUT2D eigenvalue weighted by atomic mass is 10.1. The quantitative estimate of drug-likeness (QED) is 0.642. The molecule has 1 aliphatic heterocycles. The van der Waals surface area contributed by atoms with Crippen molar-refractivity contribution in [3.05, 3.63) is 66.2 Å². The smallest absolute Gasteiger partial charge is 0.255 e. The zero-order valence-electron chi connectivity index (χ0n) is 18.0. The van der Waals surface area contributed by atoms with Gasteiger partial charge in [-0.15, -0.1) is 10.2 Å². The molecule has 1 aliphatic rings. The predicted molar refractivity (Wildman–Crippen MR) is 122 cm³/mol. The molecule has 2 N–H and O–H groups in total. The molecule has 1 amide bonds. The van der Waals surface area contributed by atoms with Crippen molar-refractivity contribution in [2.75, 3.05) is 50.1 Å². The van der Waals surface area contributed by atoms with Gasteiger partial charge in [-0.05, 0) is 55.5 Å². The SMILES string of the molecule is CCOc1ccc(C(=O)Nc2cccc(-c3ccc(N4CC[NH+](C)CC4)nn3)c2)cc1. The Morgan fingerprint density at radius 1 is 1.06 bits per heavy atom. The maximum Gasteiger partial charge on any atom is 0.255 e. The summed E-state index contributed by atoms with van der Waals surface area (Å²) in [7, 11) is 2.22. The number of aromatic nitrogens is 2. The van der Waals surface area contributed by atoms with Crippen molar-refractivity contribution < 1.29 is 14.4 Å². The fourth-order valence-electron chi connectivity index (χ4n) is 3.59. The molecule has 1 saturated heterocycles. The lowest BCUT2D eigenvalue weighted by Crippen LogP contribution is -3.12.